The van der Waals surface area contributed by atoms with Crippen molar-refractivity contribution in [1.29, 1.82) is 0 Å². The van der Waals surface area contributed by atoms with Crippen molar-refractivity contribution in [3.63, 3.8) is 0 Å². The van der Waals surface area contributed by atoms with E-state index in [4.69, 9.17) is 14.2 Å². The number of hydrogen-bond donors (Lipinski definition) is 0. The molecule has 0 amide bonds. The lowest BCUT2D eigenvalue weighted by Crippen LogP contribution is -2.41. The van der Waals surface area contributed by atoms with E-state index in [1.807, 2.05) is 6.92 Å². The van der Waals surface area contributed by atoms with Crippen LogP contribution in [-0.4, -0.2) is 39.0 Å². The number of Topliss-reactive ketones (excluding diaryl/α,β-unsaturated/α-hetero) is 1. The normalized spacial score (nSPS) is 30.6. The number of fused-ring (bicyclic) bond motifs is 1. The Morgan fingerprint density at radius 1 is 1.30 bits per heavy atom. The summed E-state index contributed by atoms with van der Waals surface area (Å²) in [6, 6.07) is 0. The fraction of sp³-hybridized carbons (Fsp3) is 0.812. The maximum absolute atomic E-state index is 12.4. The number of hydrogen-bond acceptors (Lipinski definition) is 4. The van der Waals surface area contributed by atoms with Crippen molar-refractivity contribution in [2.75, 3.05) is 27.1 Å². The number of carbonyl (C=O) groups excluding carboxylic acids is 1. The van der Waals surface area contributed by atoms with Crippen LogP contribution in [0.15, 0.2) is 11.1 Å². The summed E-state index contributed by atoms with van der Waals surface area (Å²) in [5.74, 6) is 0.148. The largest absolute Gasteiger partial charge is 0.382 e. The molecule has 20 heavy (non-hydrogen) atoms. The monoisotopic (exact) mass is 282 g/mol. The lowest BCUT2D eigenvalue weighted by atomic mass is 9.63. The molecule has 0 aromatic heterocycles. The van der Waals surface area contributed by atoms with Crippen molar-refractivity contribution in [3.8, 4) is 0 Å². The van der Waals surface area contributed by atoms with Crippen LogP contribution in [0.2, 0.25) is 0 Å². The van der Waals surface area contributed by atoms with Crippen LogP contribution in [-0.2, 0) is 19.0 Å². The van der Waals surface area contributed by atoms with E-state index in [0.29, 0.717) is 13.2 Å². The fourth-order valence-electron chi connectivity index (χ4n) is 3.49. The van der Waals surface area contributed by atoms with Crippen LogP contribution in [0.4, 0.5) is 0 Å². The molecule has 0 radical (unpaired) electrons. The van der Waals surface area contributed by atoms with Crippen molar-refractivity contribution < 1.29 is 19.0 Å². The van der Waals surface area contributed by atoms with Crippen molar-refractivity contribution in [1.82, 2.24) is 0 Å². The molecule has 0 aliphatic heterocycles. The van der Waals surface area contributed by atoms with Gasteiger partial charge in [0.05, 0.1) is 13.2 Å². The smallest absolute Gasteiger partial charge is 0.187 e. The van der Waals surface area contributed by atoms with Crippen LogP contribution >= 0.6 is 0 Å². The summed E-state index contributed by atoms with van der Waals surface area (Å²) in [5, 5.41) is 0. The van der Waals surface area contributed by atoms with Crippen LogP contribution in [0.25, 0.3) is 0 Å². The lowest BCUT2D eigenvalue weighted by molar-refractivity contribution is -0.145. The first-order valence-corrected chi connectivity index (χ1v) is 7.51. The molecule has 2 atom stereocenters. The van der Waals surface area contributed by atoms with Gasteiger partial charge in [0.25, 0.3) is 0 Å². The number of ketones is 1. The maximum Gasteiger partial charge on any atom is 0.187 e. The Hall–Kier alpha value is -0.710. The van der Waals surface area contributed by atoms with Gasteiger partial charge in [0, 0.05) is 7.11 Å². The zero-order chi connectivity index (χ0) is 14.6. The highest BCUT2D eigenvalue weighted by Crippen LogP contribution is 2.49. The van der Waals surface area contributed by atoms with Crippen LogP contribution in [0.1, 0.15) is 46.0 Å². The maximum atomic E-state index is 12.4. The molecule has 0 aromatic rings. The number of methoxy groups -OCH3 is 1. The van der Waals surface area contributed by atoms with Crippen molar-refractivity contribution in [2.45, 2.75) is 52.1 Å². The molecule has 1 saturated carbocycles. The van der Waals surface area contributed by atoms with Crippen molar-refractivity contribution in [3.05, 3.63) is 11.1 Å². The average molecular weight is 282 g/mol. The van der Waals surface area contributed by atoms with Gasteiger partial charge in [-0.25, -0.2) is 0 Å². The van der Waals surface area contributed by atoms with Gasteiger partial charge in [0.1, 0.15) is 12.9 Å². The molecule has 0 spiro atoms. The molecule has 114 valence electrons. The van der Waals surface area contributed by atoms with E-state index in [-0.39, 0.29) is 24.1 Å². The summed E-state index contributed by atoms with van der Waals surface area (Å²) in [7, 11) is 1.63. The molecule has 0 N–H and O–H groups in total. The summed E-state index contributed by atoms with van der Waals surface area (Å²) in [4.78, 5) is 12.4. The summed E-state index contributed by atoms with van der Waals surface area (Å²) in [5.41, 5.74) is 2.45. The van der Waals surface area contributed by atoms with E-state index < -0.39 is 0 Å². The number of ether oxygens (including phenoxy) is 3. The van der Waals surface area contributed by atoms with Gasteiger partial charge < -0.3 is 14.2 Å². The average Bonchev–Trinajstić information content (AvgIpc) is 2.43. The SMILES string of the molecule is COCCOCOC1CC2(C)CCCCC2=C(C)C1=O. The molecule has 2 aliphatic carbocycles. The molecule has 2 aliphatic rings. The Labute approximate surface area is 121 Å². The van der Waals surface area contributed by atoms with Crippen molar-refractivity contribution >= 4 is 5.78 Å². The standard InChI is InChI=1S/C16H26O4/c1-12-13-6-4-5-7-16(13,2)10-14(15(12)17)20-11-19-9-8-18-3/h14H,4-11H2,1-3H3. The predicted octanol–water partition coefficient (Wildman–Crippen LogP) is 2.86. The molecule has 2 unspecified atom stereocenters. The Balaban J connectivity index is 1.95. The second-order valence-corrected chi connectivity index (χ2v) is 6.11. The molecular weight excluding hydrogens is 256 g/mol. The molecule has 1 fully saturated rings. The Bertz CT molecular complexity index is 388. The Kier molecular flexibility index (Phi) is 5.35. The van der Waals surface area contributed by atoms with E-state index in [9.17, 15) is 4.79 Å². The zero-order valence-electron chi connectivity index (χ0n) is 12.9. The minimum atomic E-state index is -0.343. The minimum Gasteiger partial charge on any atom is -0.382 e. The van der Waals surface area contributed by atoms with Gasteiger partial charge in [-0.2, -0.15) is 0 Å². The summed E-state index contributed by atoms with van der Waals surface area (Å²) < 4.78 is 15.9. The van der Waals surface area contributed by atoms with Crippen LogP contribution in [0.3, 0.4) is 0 Å². The summed E-state index contributed by atoms with van der Waals surface area (Å²) in [6.07, 6.45) is 5.15. The molecule has 4 nitrogen and oxygen atoms in total. The van der Waals surface area contributed by atoms with E-state index >= 15 is 0 Å². The molecule has 0 bridgehead atoms. The molecule has 4 heteroatoms. The fourth-order valence-corrected chi connectivity index (χ4v) is 3.49. The van der Waals surface area contributed by atoms with E-state index in [1.54, 1.807) is 7.11 Å². The van der Waals surface area contributed by atoms with Gasteiger partial charge in [-0.1, -0.05) is 18.9 Å². The van der Waals surface area contributed by atoms with Gasteiger partial charge in [-0.15, -0.1) is 0 Å². The number of rotatable bonds is 6. The summed E-state index contributed by atoms with van der Waals surface area (Å²) in [6.45, 7) is 5.44. The highest BCUT2D eigenvalue weighted by atomic mass is 16.7. The molecule has 0 saturated heterocycles. The highest BCUT2D eigenvalue weighted by molar-refractivity contribution is 6.00. The first-order valence-electron chi connectivity index (χ1n) is 7.51. The molecule has 0 aromatic carbocycles. The van der Waals surface area contributed by atoms with Gasteiger partial charge >= 0.3 is 0 Å². The third-order valence-corrected chi connectivity index (χ3v) is 4.67. The lowest BCUT2D eigenvalue weighted by Gasteiger charge is -2.43. The quantitative estimate of drug-likeness (QED) is 0.555. The van der Waals surface area contributed by atoms with Gasteiger partial charge in [0.15, 0.2) is 5.78 Å². The Morgan fingerprint density at radius 2 is 2.10 bits per heavy atom. The first kappa shape index (κ1) is 15.7. The van der Waals surface area contributed by atoms with E-state index in [0.717, 1.165) is 24.8 Å². The highest BCUT2D eigenvalue weighted by Gasteiger charge is 2.42. The second kappa shape index (κ2) is 6.83. The van der Waals surface area contributed by atoms with Crippen molar-refractivity contribution in [2.24, 2.45) is 5.41 Å². The molecule has 2 rings (SSSR count). The topological polar surface area (TPSA) is 44.8 Å². The minimum absolute atomic E-state index is 0.146. The molecule has 0 heterocycles. The van der Waals surface area contributed by atoms with Gasteiger partial charge in [-0.3, -0.25) is 4.79 Å². The Morgan fingerprint density at radius 3 is 2.85 bits per heavy atom. The first-order chi connectivity index (χ1) is 9.58. The van der Waals surface area contributed by atoms with E-state index in [2.05, 4.69) is 6.92 Å². The number of allylic oxidation sites excluding steroid dienone is 1. The van der Waals surface area contributed by atoms with Gasteiger partial charge in [0.2, 0.25) is 0 Å². The molecular formula is C16H26O4. The van der Waals surface area contributed by atoms with Gasteiger partial charge in [-0.05, 0) is 43.6 Å². The zero-order valence-corrected chi connectivity index (χ0v) is 12.9. The van der Waals surface area contributed by atoms with Crippen LogP contribution < -0.4 is 0 Å². The third-order valence-electron chi connectivity index (χ3n) is 4.67. The second-order valence-electron chi connectivity index (χ2n) is 6.11. The van der Waals surface area contributed by atoms with Crippen LogP contribution in [0, 0.1) is 5.41 Å². The summed E-state index contributed by atoms with van der Waals surface area (Å²) >= 11 is 0. The van der Waals surface area contributed by atoms with Crippen LogP contribution in [0.5, 0.6) is 0 Å². The van der Waals surface area contributed by atoms with E-state index in [1.165, 1.54) is 18.4 Å². The number of carbonyl (C=O) groups is 1. The predicted molar refractivity (Wildman–Crippen MR) is 76.5 cm³/mol. The third kappa shape index (κ3) is 3.30.